The summed E-state index contributed by atoms with van der Waals surface area (Å²) >= 11 is 0. The van der Waals surface area contributed by atoms with Crippen LogP contribution in [0.4, 0.5) is 0 Å². The average Bonchev–Trinajstić information content (AvgIpc) is 3.24. The number of rotatable bonds is 2. The van der Waals surface area contributed by atoms with Crippen LogP contribution in [-0.2, 0) is 19.2 Å². The van der Waals surface area contributed by atoms with Crippen LogP contribution in [-0.4, -0.2) is 72.2 Å². The predicted molar refractivity (Wildman–Crippen MR) is 243 cm³/mol. The number of aliphatic hydroxyl groups excluding tert-OH is 2. The fourth-order valence-electron chi connectivity index (χ4n) is 6.82. The van der Waals surface area contributed by atoms with Gasteiger partial charge in [0.2, 0.25) is 23.6 Å². The minimum atomic E-state index is -0.469. The molecule has 0 aliphatic carbocycles. The van der Waals surface area contributed by atoms with E-state index >= 15 is 0 Å². The molecule has 0 aromatic rings. The maximum Gasteiger partial charge on any atom is 0.220 e. The second-order valence-corrected chi connectivity index (χ2v) is 16.2. The zero-order chi connectivity index (χ0) is 43.4. The van der Waals surface area contributed by atoms with Crippen molar-refractivity contribution in [2.75, 3.05) is 26.3 Å². The van der Waals surface area contributed by atoms with Gasteiger partial charge in [0.05, 0.1) is 25.3 Å². The van der Waals surface area contributed by atoms with E-state index in [9.17, 15) is 29.4 Å². The molecule has 0 saturated carbocycles. The molecule has 4 amide bonds. The van der Waals surface area contributed by atoms with E-state index in [0.29, 0.717) is 25.7 Å². The Kier molecular flexibility index (Phi) is 37.6. The number of carbonyl (C=O) groups is 4. The molecule has 0 bridgehead atoms. The summed E-state index contributed by atoms with van der Waals surface area (Å²) in [5, 5.41) is 30.8. The van der Waals surface area contributed by atoms with Crippen molar-refractivity contribution in [3.05, 3.63) is 0 Å². The lowest BCUT2D eigenvalue weighted by atomic mass is 10.1. The molecule has 1 heterocycles. The third-order valence-corrected chi connectivity index (χ3v) is 10.6. The van der Waals surface area contributed by atoms with Gasteiger partial charge in [-0.05, 0) is 75.0 Å². The van der Waals surface area contributed by atoms with Crippen molar-refractivity contribution in [2.45, 2.75) is 218 Å². The Balaban J connectivity index is 2.39. The molecule has 6 N–H and O–H groups in total. The highest BCUT2D eigenvalue weighted by Gasteiger charge is 2.14. The first kappa shape index (κ1) is 54.1. The van der Waals surface area contributed by atoms with Crippen molar-refractivity contribution in [3.63, 3.8) is 0 Å². The highest BCUT2D eigenvalue weighted by molar-refractivity contribution is 5.78. The van der Waals surface area contributed by atoms with Crippen molar-refractivity contribution in [3.8, 4) is 47.4 Å². The Morgan fingerprint density at radius 1 is 0.350 bits per heavy atom. The highest BCUT2D eigenvalue weighted by Crippen LogP contribution is 2.12. The quantitative estimate of drug-likeness (QED) is 0.157. The molecule has 2 unspecified atom stereocenters. The molecular formula is C50H80N4O6. The first-order valence-electron chi connectivity index (χ1n) is 23.7. The largest absolute Gasteiger partial charge is 0.394 e. The van der Waals surface area contributed by atoms with Crippen LogP contribution in [0.5, 0.6) is 0 Å². The van der Waals surface area contributed by atoms with Crippen LogP contribution in [0.1, 0.15) is 205 Å². The maximum absolute atomic E-state index is 12.4. The van der Waals surface area contributed by atoms with E-state index in [4.69, 9.17) is 0 Å². The van der Waals surface area contributed by atoms with E-state index in [-0.39, 0.29) is 49.9 Å². The average molecular weight is 833 g/mol. The van der Waals surface area contributed by atoms with Gasteiger partial charge in [-0.1, -0.05) is 126 Å². The van der Waals surface area contributed by atoms with Gasteiger partial charge < -0.3 is 31.5 Å². The number of aliphatic hydroxyl groups is 2. The molecule has 10 heteroatoms. The number of amides is 4. The molecule has 10 nitrogen and oxygen atoms in total. The molecule has 1 aliphatic rings. The van der Waals surface area contributed by atoms with E-state index < -0.39 is 12.1 Å². The molecule has 0 aromatic heterocycles. The fraction of sp³-hybridized carbons (Fsp3) is 0.760. The van der Waals surface area contributed by atoms with Crippen molar-refractivity contribution < 1.29 is 29.4 Å². The topological polar surface area (TPSA) is 157 Å². The van der Waals surface area contributed by atoms with Crippen LogP contribution in [0.25, 0.3) is 0 Å². The molecule has 0 fully saturated rings. The second kappa shape index (κ2) is 41.8. The Labute approximate surface area is 364 Å². The molecule has 0 spiro atoms. The minimum Gasteiger partial charge on any atom is -0.394 e. The van der Waals surface area contributed by atoms with Crippen LogP contribution >= 0.6 is 0 Å². The monoisotopic (exact) mass is 833 g/mol. The third kappa shape index (κ3) is 37.1. The number of hydrogen-bond donors (Lipinski definition) is 6. The molecule has 0 aromatic carbocycles. The number of carbonyl (C=O) groups excluding carboxylic acids is 4. The zero-order valence-corrected chi connectivity index (χ0v) is 37.1. The summed E-state index contributed by atoms with van der Waals surface area (Å²) in [5.41, 5.74) is 0. The molecule has 1 rings (SSSR count). The van der Waals surface area contributed by atoms with Crippen molar-refractivity contribution >= 4 is 23.6 Å². The van der Waals surface area contributed by atoms with E-state index in [2.05, 4.69) is 68.6 Å². The SMILES string of the molecule is O=C1CCCCCCCCC#CC#CCCCCCCCCC(=O)NCC(CO)NC(=O)CCCCCCCCC#CC#CCCCCCCCCC(=O)NC(CO)CN1. The van der Waals surface area contributed by atoms with Gasteiger partial charge in [-0.2, -0.15) is 0 Å². The van der Waals surface area contributed by atoms with E-state index in [0.717, 1.165) is 180 Å². The molecule has 336 valence electrons. The Morgan fingerprint density at radius 2 is 0.583 bits per heavy atom. The van der Waals surface area contributed by atoms with Gasteiger partial charge in [-0.25, -0.2) is 0 Å². The lowest BCUT2D eigenvalue weighted by Crippen LogP contribution is -2.45. The first-order valence-corrected chi connectivity index (χ1v) is 23.7. The molecule has 60 heavy (non-hydrogen) atoms. The summed E-state index contributed by atoms with van der Waals surface area (Å²) in [6, 6.07) is -0.938. The van der Waals surface area contributed by atoms with Crippen LogP contribution in [0.2, 0.25) is 0 Å². The standard InChI is InChI=1S/C50H80N4O6/c55-43-45-41-51-47(57)37-33-29-25-21-17-13-9-5-1-2-6-10-14-18-22-26-30-34-38-48(58)52-42-46(44-56)54-50(60)40-36-32-28-24-20-16-12-8-4-3-7-11-15-19-23-27-31-35-39-49(59)53-45/h45-46,55-56H,9-44H2,(H,51,57)(H,52,58)(H,53,59)(H,54,60). The van der Waals surface area contributed by atoms with Crippen molar-refractivity contribution in [2.24, 2.45) is 0 Å². The van der Waals surface area contributed by atoms with E-state index in [1.54, 1.807) is 0 Å². The lowest BCUT2D eigenvalue weighted by molar-refractivity contribution is -0.124. The number of hydrogen-bond acceptors (Lipinski definition) is 6. The van der Waals surface area contributed by atoms with Gasteiger partial charge >= 0.3 is 0 Å². The smallest absolute Gasteiger partial charge is 0.220 e. The van der Waals surface area contributed by atoms with Crippen LogP contribution < -0.4 is 21.3 Å². The molecule has 2 atom stereocenters. The predicted octanol–water partition coefficient (Wildman–Crippen LogP) is 7.68. The second-order valence-electron chi connectivity index (χ2n) is 16.2. The molecule has 1 aliphatic heterocycles. The van der Waals surface area contributed by atoms with Crippen LogP contribution in [0.15, 0.2) is 0 Å². The summed E-state index contributed by atoms with van der Waals surface area (Å²) in [6.45, 7) is 0.0638. The van der Waals surface area contributed by atoms with Gasteiger partial charge in [-0.3, -0.25) is 19.2 Å². The Hall–Kier alpha value is -3.96. The van der Waals surface area contributed by atoms with Gasteiger partial charge in [0.25, 0.3) is 0 Å². The van der Waals surface area contributed by atoms with E-state index in [1.165, 1.54) is 0 Å². The van der Waals surface area contributed by atoms with Gasteiger partial charge in [0.1, 0.15) is 0 Å². The Morgan fingerprint density at radius 3 is 0.850 bits per heavy atom. The van der Waals surface area contributed by atoms with Crippen LogP contribution in [0, 0.1) is 47.4 Å². The first-order chi connectivity index (χ1) is 29.4. The van der Waals surface area contributed by atoms with Gasteiger partial charge in [0, 0.05) is 64.5 Å². The van der Waals surface area contributed by atoms with E-state index in [1.807, 2.05) is 0 Å². The van der Waals surface area contributed by atoms with Gasteiger partial charge in [0.15, 0.2) is 0 Å². The zero-order valence-electron chi connectivity index (χ0n) is 37.1. The summed E-state index contributed by atoms with van der Waals surface area (Å²) in [5.74, 6) is 24.2. The number of nitrogens with one attached hydrogen (secondary N) is 4. The van der Waals surface area contributed by atoms with Crippen molar-refractivity contribution in [1.82, 2.24) is 21.3 Å². The van der Waals surface area contributed by atoms with Gasteiger partial charge in [-0.15, -0.1) is 0 Å². The summed E-state index contributed by atoms with van der Waals surface area (Å²) in [4.78, 5) is 49.3. The van der Waals surface area contributed by atoms with Crippen LogP contribution in [0.3, 0.4) is 0 Å². The minimum absolute atomic E-state index is 0.0431. The lowest BCUT2D eigenvalue weighted by Gasteiger charge is -2.17. The normalized spacial score (nSPS) is 22.4. The molecule has 0 saturated heterocycles. The Bertz CT molecular complexity index is 1300. The van der Waals surface area contributed by atoms with Crippen molar-refractivity contribution in [1.29, 1.82) is 0 Å². The fourth-order valence-corrected chi connectivity index (χ4v) is 6.82. The maximum atomic E-state index is 12.4. The third-order valence-electron chi connectivity index (χ3n) is 10.6. The summed E-state index contributed by atoms with van der Waals surface area (Å²) in [7, 11) is 0. The molecular weight excluding hydrogens is 753 g/mol. The summed E-state index contributed by atoms with van der Waals surface area (Å²) < 4.78 is 0. The summed E-state index contributed by atoms with van der Waals surface area (Å²) in [6.07, 6.45) is 29.9. The highest BCUT2D eigenvalue weighted by atomic mass is 16.3. The molecule has 0 radical (unpaired) electrons.